The van der Waals surface area contributed by atoms with Gasteiger partial charge in [-0.15, -0.1) is 0 Å². The molecule has 0 saturated heterocycles. The number of ether oxygens (including phenoxy) is 1. The van der Waals surface area contributed by atoms with Crippen LogP contribution < -0.4 is 15.4 Å². The molecule has 0 radical (unpaired) electrons. The van der Waals surface area contributed by atoms with Gasteiger partial charge in [-0.3, -0.25) is 19.7 Å². The van der Waals surface area contributed by atoms with Gasteiger partial charge in [0.25, 0.3) is 5.69 Å². The molecule has 0 spiro atoms. The fraction of sp³-hybridized carbons (Fsp3) is 0.176. The number of methoxy groups -OCH3 is 1. The average molecular weight is 343 g/mol. The number of carbonyl (C=O) groups is 2. The van der Waals surface area contributed by atoms with Crippen molar-refractivity contribution in [2.24, 2.45) is 0 Å². The summed E-state index contributed by atoms with van der Waals surface area (Å²) < 4.78 is 5.02. The van der Waals surface area contributed by atoms with Crippen LogP contribution in [0.15, 0.2) is 36.4 Å². The second-order valence-electron chi connectivity index (χ2n) is 5.37. The Morgan fingerprint density at radius 3 is 2.16 bits per heavy atom. The van der Waals surface area contributed by atoms with Gasteiger partial charge in [0.15, 0.2) is 0 Å². The largest absolute Gasteiger partial charge is 0.494 e. The molecular weight excluding hydrogens is 326 g/mol. The van der Waals surface area contributed by atoms with Crippen LogP contribution in [0.1, 0.15) is 11.1 Å². The summed E-state index contributed by atoms with van der Waals surface area (Å²) in [6.45, 7) is 3.74. The van der Waals surface area contributed by atoms with Crippen LogP contribution in [-0.4, -0.2) is 23.8 Å². The van der Waals surface area contributed by atoms with Crippen LogP contribution in [0.4, 0.5) is 17.1 Å². The number of non-ortho nitro benzene ring substituents is 1. The summed E-state index contributed by atoms with van der Waals surface area (Å²) in [4.78, 5) is 34.3. The van der Waals surface area contributed by atoms with Gasteiger partial charge in [-0.25, -0.2) is 0 Å². The number of aryl methyl sites for hydroxylation is 2. The number of nitro benzene ring substituents is 1. The van der Waals surface area contributed by atoms with Gasteiger partial charge >= 0.3 is 11.8 Å². The van der Waals surface area contributed by atoms with Crippen LogP contribution in [-0.2, 0) is 9.59 Å². The third-order valence-electron chi connectivity index (χ3n) is 3.48. The topological polar surface area (TPSA) is 111 Å². The number of rotatable bonds is 4. The Kier molecular flexibility index (Phi) is 5.33. The SMILES string of the molecule is COc1cc([N+](=O)[O-])ccc1NC(=O)C(=O)Nc1ccc(C)cc1C. The van der Waals surface area contributed by atoms with Crippen LogP contribution in [0.2, 0.25) is 0 Å². The van der Waals surface area contributed by atoms with Crippen LogP contribution >= 0.6 is 0 Å². The second-order valence-corrected chi connectivity index (χ2v) is 5.37. The monoisotopic (exact) mass is 343 g/mol. The molecule has 2 aromatic carbocycles. The van der Waals surface area contributed by atoms with Gasteiger partial charge in [-0.05, 0) is 31.5 Å². The molecule has 2 N–H and O–H groups in total. The van der Waals surface area contributed by atoms with Gasteiger partial charge in [0, 0.05) is 11.8 Å². The molecule has 0 aromatic heterocycles. The normalized spacial score (nSPS) is 10.0. The first-order valence-corrected chi connectivity index (χ1v) is 7.34. The Balaban J connectivity index is 2.13. The number of amides is 2. The molecule has 0 aliphatic carbocycles. The van der Waals surface area contributed by atoms with Gasteiger partial charge in [-0.1, -0.05) is 17.7 Å². The summed E-state index contributed by atoms with van der Waals surface area (Å²) in [7, 11) is 1.31. The molecule has 0 heterocycles. The van der Waals surface area contributed by atoms with E-state index in [0.29, 0.717) is 5.69 Å². The Labute approximate surface area is 144 Å². The highest BCUT2D eigenvalue weighted by atomic mass is 16.6. The Morgan fingerprint density at radius 1 is 1.00 bits per heavy atom. The first-order valence-electron chi connectivity index (χ1n) is 7.34. The molecule has 0 aliphatic rings. The van der Waals surface area contributed by atoms with E-state index in [9.17, 15) is 19.7 Å². The molecule has 0 fully saturated rings. The van der Waals surface area contributed by atoms with Gasteiger partial charge in [0.05, 0.1) is 23.8 Å². The summed E-state index contributed by atoms with van der Waals surface area (Å²) in [5.74, 6) is -1.68. The molecule has 8 nitrogen and oxygen atoms in total. The van der Waals surface area contributed by atoms with Crippen LogP contribution in [0.25, 0.3) is 0 Å². The fourth-order valence-corrected chi connectivity index (χ4v) is 2.21. The Hall–Kier alpha value is -3.42. The minimum Gasteiger partial charge on any atom is -0.494 e. The number of nitro groups is 1. The maximum Gasteiger partial charge on any atom is 0.314 e. The summed E-state index contributed by atoms with van der Waals surface area (Å²) in [6.07, 6.45) is 0. The zero-order valence-corrected chi connectivity index (χ0v) is 14.0. The van der Waals surface area contributed by atoms with Gasteiger partial charge in [0.1, 0.15) is 5.75 Å². The maximum atomic E-state index is 12.1. The third kappa shape index (κ3) is 4.31. The minimum atomic E-state index is -0.910. The number of anilines is 2. The van der Waals surface area contributed by atoms with Crippen LogP contribution in [0, 0.1) is 24.0 Å². The van der Waals surface area contributed by atoms with E-state index in [2.05, 4.69) is 10.6 Å². The lowest BCUT2D eigenvalue weighted by atomic mass is 10.1. The molecule has 0 bridgehead atoms. The van der Waals surface area contributed by atoms with Crippen molar-refractivity contribution in [2.45, 2.75) is 13.8 Å². The van der Waals surface area contributed by atoms with Gasteiger partial charge < -0.3 is 15.4 Å². The third-order valence-corrected chi connectivity index (χ3v) is 3.48. The minimum absolute atomic E-state index is 0.0851. The van der Waals surface area contributed by atoms with E-state index in [0.717, 1.165) is 17.2 Å². The number of benzene rings is 2. The zero-order chi connectivity index (χ0) is 18.6. The first-order chi connectivity index (χ1) is 11.8. The lowest BCUT2D eigenvalue weighted by molar-refractivity contribution is -0.384. The number of hydrogen-bond acceptors (Lipinski definition) is 5. The smallest absolute Gasteiger partial charge is 0.314 e. The molecule has 0 atom stereocenters. The zero-order valence-electron chi connectivity index (χ0n) is 14.0. The highest BCUT2D eigenvalue weighted by Gasteiger charge is 2.18. The molecule has 2 amide bonds. The lowest BCUT2D eigenvalue weighted by Crippen LogP contribution is -2.29. The average Bonchev–Trinajstić information content (AvgIpc) is 2.57. The molecule has 8 heteroatoms. The van der Waals surface area contributed by atoms with Crippen molar-refractivity contribution in [2.75, 3.05) is 17.7 Å². The summed E-state index contributed by atoms with van der Waals surface area (Å²) >= 11 is 0. The van der Waals surface area contributed by atoms with Crippen LogP contribution in [0.3, 0.4) is 0 Å². The van der Waals surface area contributed by atoms with E-state index in [1.807, 2.05) is 26.0 Å². The molecule has 0 unspecified atom stereocenters. The van der Waals surface area contributed by atoms with Crippen molar-refractivity contribution in [3.8, 4) is 5.75 Å². The van der Waals surface area contributed by atoms with E-state index < -0.39 is 16.7 Å². The molecule has 130 valence electrons. The summed E-state index contributed by atoms with van der Waals surface area (Å²) in [6, 6.07) is 9.09. The van der Waals surface area contributed by atoms with Crippen molar-refractivity contribution in [3.63, 3.8) is 0 Å². The van der Waals surface area contributed by atoms with E-state index in [1.165, 1.54) is 19.2 Å². The van der Waals surface area contributed by atoms with E-state index in [1.54, 1.807) is 6.07 Å². The van der Waals surface area contributed by atoms with E-state index in [-0.39, 0.29) is 17.1 Å². The van der Waals surface area contributed by atoms with Crippen molar-refractivity contribution in [1.29, 1.82) is 0 Å². The quantitative estimate of drug-likeness (QED) is 0.504. The number of nitrogens with one attached hydrogen (secondary N) is 2. The summed E-state index contributed by atoms with van der Waals surface area (Å²) in [5.41, 5.74) is 2.37. The van der Waals surface area contributed by atoms with E-state index in [4.69, 9.17) is 4.74 Å². The van der Waals surface area contributed by atoms with Crippen molar-refractivity contribution < 1.29 is 19.2 Å². The second kappa shape index (κ2) is 7.43. The standard InChI is InChI=1S/C17H17N3O5/c1-10-4-6-13(11(2)8-10)18-16(21)17(22)19-14-7-5-12(20(23)24)9-15(14)25-3/h4-9H,1-3H3,(H,18,21)(H,19,22). The van der Waals surface area contributed by atoms with E-state index >= 15 is 0 Å². The Morgan fingerprint density at radius 2 is 1.60 bits per heavy atom. The fourth-order valence-electron chi connectivity index (χ4n) is 2.21. The number of nitrogens with zero attached hydrogens (tertiary/aromatic N) is 1. The van der Waals surface area contributed by atoms with Gasteiger partial charge in [0.2, 0.25) is 0 Å². The van der Waals surface area contributed by atoms with Crippen molar-refractivity contribution >= 4 is 28.9 Å². The van der Waals surface area contributed by atoms with Crippen molar-refractivity contribution in [1.82, 2.24) is 0 Å². The number of hydrogen-bond donors (Lipinski definition) is 2. The lowest BCUT2D eigenvalue weighted by Gasteiger charge is -2.11. The Bertz CT molecular complexity index is 848. The maximum absolute atomic E-state index is 12.1. The molecular formula is C17H17N3O5. The van der Waals surface area contributed by atoms with Crippen LogP contribution in [0.5, 0.6) is 5.75 Å². The highest BCUT2D eigenvalue weighted by Crippen LogP contribution is 2.29. The molecule has 0 aliphatic heterocycles. The highest BCUT2D eigenvalue weighted by molar-refractivity contribution is 6.43. The predicted molar refractivity (Wildman–Crippen MR) is 92.8 cm³/mol. The molecule has 2 rings (SSSR count). The summed E-state index contributed by atoms with van der Waals surface area (Å²) in [5, 5.41) is 15.7. The van der Waals surface area contributed by atoms with Gasteiger partial charge in [-0.2, -0.15) is 0 Å². The molecule has 2 aromatic rings. The first kappa shape index (κ1) is 17.9. The predicted octanol–water partition coefficient (Wildman–Crippen LogP) is 2.80. The van der Waals surface area contributed by atoms with Crippen molar-refractivity contribution in [3.05, 3.63) is 57.6 Å². The molecule has 0 saturated carbocycles. The number of carbonyl (C=O) groups excluding carboxylic acids is 2. The molecule has 25 heavy (non-hydrogen) atoms.